The second-order valence-electron chi connectivity index (χ2n) is 14.9. The van der Waals surface area contributed by atoms with Gasteiger partial charge in [0.1, 0.15) is 36.1 Å². The first kappa shape index (κ1) is 36.8. The van der Waals surface area contributed by atoms with Crippen molar-refractivity contribution in [2.24, 2.45) is 16.7 Å². The molecular weight excluding hydrogens is 664 g/mol. The normalized spacial score (nSPS) is 36.5. The molecule has 3 aliphatic carbocycles. The van der Waals surface area contributed by atoms with E-state index in [0.717, 1.165) is 6.92 Å². The van der Waals surface area contributed by atoms with Gasteiger partial charge in [0.05, 0.1) is 29.6 Å². The standard InChI is InChI=1S/C38H44O13/c1-19-23(49-34(46)29(43)27(41)21-12-8-6-9-13-21)17-38(47)32(50-33(45)22-14-10-7-11-15-22)30-36(5,31(44)28(42)26(19)35(38,3)4)24(40)16-25-37(30,18-48-25)51-20(2)39/h6-15,23-25,27-30,32,40-43,47H,16-18H2,1-5H3/t23-,24-,25?,27?,28+,29?,30-,32-,36+,37-,38+/m0/s1. The second-order valence-corrected chi connectivity index (χ2v) is 14.9. The van der Waals surface area contributed by atoms with Crippen molar-refractivity contribution in [2.75, 3.05) is 6.61 Å². The molecule has 3 fully saturated rings. The van der Waals surface area contributed by atoms with E-state index >= 15 is 0 Å². The van der Waals surface area contributed by atoms with Crippen LogP contribution in [0.3, 0.4) is 0 Å². The summed E-state index contributed by atoms with van der Waals surface area (Å²) in [4.78, 5) is 54.9. The molecule has 13 heteroatoms. The lowest BCUT2D eigenvalue weighted by Crippen LogP contribution is -2.81. The van der Waals surface area contributed by atoms with Crippen LogP contribution in [0.5, 0.6) is 0 Å². The zero-order valence-electron chi connectivity index (χ0n) is 29.0. The van der Waals surface area contributed by atoms with Gasteiger partial charge in [-0.25, -0.2) is 9.59 Å². The topological polar surface area (TPSA) is 206 Å². The molecule has 11 atom stereocenters. The second kappa shape index (κ2) is 12.9. The van der Waals surface area contributed by atoms with Gasteiger partial charge in [-0.15, -0.1) is 0 Å². The zero-order valence-corrected chi connectivity index (χ0v) is 29.0. The summed E-state index contributed by atoms with van der Waals surface area (Å²) >= 11 is 0. The van der Waals surface area contributed by atoms with Crippen molar-refractivity contribution in [3.63, 3.8) is 0 Å². The highest BCUT2D eigenvalue weighted by atomic mass is 16.6. The van der Waals surface area contributed by atoms with E-state index in [0.29, 0.717) is 0 Å². The molecule has 0 spiro atoms. The summed E-state index contributed by atoms with van der Waals surface area (Å²) in [5, 5.41) is 58.6. The van der Waals surface area contributed by atoms with Gasteiger partial charge in [0.25, 0.3) is 0 Å². The van der Waals surface area contributed by atoms with Crippen LogP contribution in [0.25, 0.3) is 0 Å². The van der Waals surface area contributed by atoms with Gasteiger partial charge < -0.3 is 44.5 Å². The Bertz CT molecular complexity index is 1740. The maximum Gasteiger partial charge on any atom is 0.338 e. The largest absolute Gasteiger partial charge is 0.456 e. The molecule has 6 rings (SSSR count). The highest BCUT2D eigenvalue weighted by Gasteiger charge is 2.78. The number of aliphatic hydroxyl groups is 5. The minimum atomic E-state index is -2.31. The monoisotopic (exact) mass is 708 g/mol. The highest BCUT2D eigenvalue weighted by Crippen LogP contribution is 2.64. The lowest BCUT2D eigenvalue weighted by atomic mass is 9.44. The first-order valence-corrected chi connectivity index (χ1v) is 16.9. The van der Waals surface area contributed by atoms with Crippen LogP contribution in [0, 0.1) is 16.7 Å². The predicted molar refractivity (Wildman–Crippen MR) is 176 cm³/mol. The fourth-order valence-electron chi connectivity index (χ4n) is 8.95. The predicted octanol–water partition coefficient (Wildman–Crippen LogP) is 1.73. The highest BCUT2D eigenvalue weighted by molar-refractivity contribution is 5.94. The van der Waals surface area contributed by atoms with Crippen LogP contribution in [0.4, 0.5) is 0 Å². The number of carbonyl (C=O) groups is 4. The number of carbonyl (C=O) groups excluding carboxylic acids is 4. The van der Waals surface area contributed by atoms with Crippen LogP contribution < -0.4 is 0 Å². The van der Waals surface area contributed by atoms with Crippen LogP contribution >= 0.6 is 0 Å². The smallest absolute Gasteiger partial charge is 0.338 e. The average Bonchev–Trinajstić information content (AvgIpc) is 3.09. The minimum Gasteiger partial charge on any atom is -0.456 e. The number of aliphatic hydroxyl groups excluding tert-OH is 4. The van der Waals surface area contributed by atoms with E-state index in [1.807, 2.05) is 0 Å². The van der Waals surface area contributed by atoms with Crippen LogP contribution in [-0.2, 0) is 33.3 Å². The Morgan fingerprint density at radius 1 is 0.941 bits per heavy atom. The third-order valence-corrected chi connectivity index (χ3v) is 11.9. The molecule has 2 saturated carbocycles. The molecule has 5 N–H and O–H groups in total. The van der Waals surface area contributed by atoms with E-state index in [9.17, 15) is 44.7 Å². The molecule has 0 aromatic heterocycles. The van der Waals surface area contributed by atoms with Gasteiger partial charge in [0.2, 0.25) is 0 Å². The number of hydrogen-bond acceptors (Lipinski definition) is 13. The van der Waals surface area contributed by atoms with Gasteiger partial charge in [0, 0.05) is 25.2 Å². The van der Waals surface area contributed by atoms with E-state index in [4.69, 9.17) is 18.9 Å². The molecular formula is C38H44O13. The number of Topliss-reactive ketones (excluding diaryl/α,β-unsaturated/α-hetero) is 1. The summed E-state index contributed by atoms with van der Waals surface area (Å²) in [6.45, 7) is 6.88. The molecule has 51 heavy (non-hydrogen) atoms. The van der Waals surface area contributed by atoms with Gasteiger partial charge in [-0.05, 0) is 42.7 Å². The van der Waals surface area contributed by atoms with Gasteiger partial charge in [-0.3, -0.25) is 9.59 Å². The summed E-state index contributed by atoms with van der Waals surface area (Å²) in [6, 6.07) is 15.8. The fraction of sp³-hybridized carbons (Fsp3) is 0.526. The molecule has 1 aliphatic heterocycles. The first-order chi connectivity index (χ1) is 23.9. The Hall–Kier alpha value is -3.98. The minimum absolute atomic E-state index is 0.0432. The molecule has 274 valence electrons. The summed E-state index contributed by atoms with van der Waals surface area (Å²) in [6.07, 6.45) is -12.0. The van der Waals surface area contributed by atoms with Gasteiger partial charge in [-0.1, -0.05) is 62.4 Å². The van der Waals surface area contributed by atoms with Gasteiger partial charge in [0.15, 0.2) is 17.5 Å². The maximum atomic E-state index is 14.8. The number of rotatable bonds is 7. The molecule has 4 aliphatic rings. The molecule has 1 saturated heterocycles. The van der Waals surface area contributed by atoms with Crippen molar-refractivity contribution >= 4 is 23.7 Å². The van der Waals surface area contributed by atoms with Crippen molar-refractivity contribution < 1.29 is 63.7 Å². The molecule has 3 unspecified atom stereocenters. The Kier molecular flexibility index (Phi) is 9.31. The molecule has 13 nitrogen and oxygen atoms in total. The zero-order chi connectivity index (χ0) is 37.3. The van der Waals surface area contributed by atoms with Crippen molar-refractivity contribution in [1.29, 1.82) is 0 Å². The number of ketones is 1. The summed E-state index contributed by atoms with van der Waals surface area (Å²) in [5.41, 5.74) is -7.11. The lowest BCUT2D eigenvalue weighted by molar-refractivity contribution is -0.346. The number of hydrogen-bond donors (Lipinski definition) is 5. The lowest BCUT2D eigenvalue weighted by Gasteiger charge is -2.67. The van der Waals surface area contributed by atoms with E-state index < -0.39 is 101 Å². The van der Waals surface area contributed by atoms with Crippen molar-refractivity contribution in [3.8, 4) is 0 Å². The van der Waals surface area contributed by atoms with Crippen LogP contribution in [0.15, 0.2) is 71.8 Å². The molecule has 2 bridgehead atoms. The molecule has 0 amide bonds. The number of fused-ring (bicyclic) bond motifs is 5. The van der Waals surface area contributed by atoms with Crippen molar-refractivity contribution in [1.82, 2.24) is 0 Å². The Morgan fingerprint density at radius 2 is 1.55 bits per heavy atom. The fourth-order valence-corrected chi connectivity index (χ4v) is 8.95. The number of ether oxygens (including phenoxy) is 4. The molecule has 2 aromatic rings. The Balaban J connectivity index is 1.53. The average molecular weight is 709 g/mol. The molecule has 2 aromatic carbocycles. The third-order valence-electron chi connectivity index (χ3n) is 11.9. The van der Waals surface area contributed by atoms with Crippen molar-refractivity contribution in [2.45, 2.75) is 101 Å². The quantitative estimate of drug-likeness (QED) is 0.158. The van der Waals surface area contributed by atoms with E-state index in [1.165, 1.54) is 38.1 Å². The maximum absolute atomic E-state index is 14.8. The summed E-state index contributed by atoms with van der Waals surface area (Å²) < 4.78 is 23.8. The Morgan fingerprint density at radius 3 is 2.12 bits per heavy atom. The Labute approximate surface area is 294 Å². The van der Waals surface area contributed by atoms with Gasteiger partial charge >= 0.3 is 17.9 Å². The number of benzene rings is 2. The third kappa shape index (κ3) is 5.53. The molecule has 1 heterocycles. The first-order valence-electron chi connectivity index (χ1n) is 16.9. The van der Waals surface area contributed by atoms with Crippen LogP contribution in [0.1, 0.15) is 69.5 Å². The van der Waals surface area contributed by atoms with E-state index in [-0.39, 0.29) is 35.3 Å². The van der Waals surface area contributed by atoms with Crippen LogP contribution in [-0.4, -0.2) is 104 Å². The summed E-state index contributed by atoms with van der Waals surface area (Å²) in [7, 11) is 0. The number of esters is 3. The summed E-state index contributed by atoms with van der Waals surface area (Å²) in [5.74, 6) is -5.30. The SMILES string of the molecule is CC(=O)O[C@@]12COC1C[C@H](O)[C@@]1(C)C(=O)[C@H](O)C3=C(C)[C@@H](OC(=O)C(O)C(O)c4ccccc4)C[C@@](O)([C@@H](OC(=O)c4ccccc4)[C@@H]12)C3(C)C. The van der Waals surface area contributed by atoms with Crippen LogP contribution in [0.2, 0.25) is 0 Å². The molecule has 0 radical (unpaired) electrons. The van der Waals surface area contributed by atoms with Crippen molar-refractivity contribution in [3.05, 3.63) is 82.9 Å². The van der Waals surface area contributed by atoms with Gasteiger partial charge in [-0.2, -0.15) is 0 Å². The van der Waals surface area contributed by atoms with E-state index in [2.05, 4.69) is 0 Å². The van der Waals surface area contributed by atoms with E-state index in [1.54, 1.807) is 50.2 Å².